The molecule has 3 rings (SSSR count). The van der Waals surface area contributed by atoms with Gasteiger partial charge >= 0.3 is 0 Å². The van der Waals surface area contributed by atoms with Gasteiger partial charge in [-0.15, -0.1) is 0 Å². The molecule has 1 N–H and O–H groups in total. The maximum atomic E-state index is 5.58. The number of nitrogens with one attached hydrogen (secondary N) is 1. The number of hydrogen-bond donors (Lipinski definition) is 1. The summed E-state index contributed by atoms with van der Waals surface area (Å²) in [5, 5.41) is 3.56. The summed E-state index contributed by atoms with van der Waals surface area (Å²) in [5.41, 5.74) is 1.20. The lowest BCUT2D eigenvalue weighted by Crippen LogP contribution is -2.25. The molecule has 1 atom stereocenters. The number of aryl methyl sites for hydroxylation is 1. The molecule has 4 heteroatoms. The van der Waals surface area contributed by atoms with Crippen LogP contribution in [0, 0.1) is 0 Å². The van der Waals surface area contributed by atoms with Crippen molar-refractivity contribution in [3.63, 3.8) is 0 Å². The number of hydrogen-bond acceptors (Lipinski definition) is 3. The van der Waals surface area contributed by atoms with Gasteiger partial charge in [-0.3, -0.25) is 0 Å². The molecule has 108 valence electrons. The van der Waals surface area contributed by atoms with Gasteiger partial charge in [0.15, 0.2) is 0 Å². The molecule has 0 spiro atoms. The quantitative estimate of drug-likeness (QED) is 0.755. The minimum absolute atomic E-state index is 0.0708. The maximum Gasteiger partial charge on any atom is 0.125 e. The summed E-state index contributed by atoms with van der Waals surface area (Å²) in [4.78, 5) is 4.35. The second kappa shape index (κ2) is 6.41. The molecule has 1 aromatic carbocycles. The van der Waals surface area contributed by atoms with E-state index in [9.17, 15) is 0 Å². The van der Waals surface area contributed by atoms with Crippen LogP contribution in [0.3, 0.4) is 0 Å². The van der Waals surface area contributed by atoms with Crippen molar-refractivity contribution < 1.29 is 4.42 Å². The average Bonchev–Trinajstić information content (AvgIpc) is 3.17. The van der Waals surface area contributed by atoms with E-state index in [1.807, 2.05) is 54.3 Å². The van der Waals surface area contributed by atoms with Gasteiger partial charge in [0.25, 0.3) is 0 Å². The fourth-order valence-electron chi connectivity index (χ4n) is 2.45. The standard InChI is InChI=1S/C17H19N3O/c1-20-12-11-18-16(20)9-10-19-17(15-8-5-13-21-15)14-6-3-2-4-7-14/h2-8,11-13,17,19H,9-10H2,1H3. The van der Waals surface area contributed by atoms with Crippen LogP contribution in [0.25, 0.3) is 0 Å². The zero-order valence-electron chi connectivity index (χ0n) is 12.1. The first kappa shape index (κ1) is 13.6. The van der Waals surface area contributed by atoms with Crippen molar-refractivity contribution in [1.82, 2.24) is 14.9 Å². The second-order valence-corrected chi connectivity index (χ2v) is 5.02. The highest BCUT2D eigenvalue weighted by Crippen LogP contribution is 2.22. The predicted molar refractivity (Wildman–Crippen MR) is 81.9 cm³/mol. The normalized spacial score (nSPS) is 12.4. The van der Waals surface area contributed by atoms with E-state index < -0.39 is 0 Å². The fraction of sp³-hybridized carbons (Fsp3) is 0.235. The molecule has 0 fully saturated rings. The van der Waals surface area contributed by atoms with E-state index in [-0.39, 0.29) is 6.04 Å². The third kappa shape index (κ3) is 3.23. The number of nitrogens with zero attached hydrogens (tertiary/aromatic N) is 2. The SMILES string of the molecule is Cn1ccnc1CCNC(c1ccccc1)c1ccco1. The van der Waals surface area contributed by atoms with Crippen molar-refractivity contribution in [2.24, 2.45) is 7.05 Å². The van der Waals surface area contributed by atoms with Crippen molar-refractivity contribution in [2.75, 3.05) is 6.54 Å². The van der Waals surface area contributed by atoms with Gasteiger partial charge in [0, 0.05) is 32.4 Å². The molecule has 0 aliphatic rings. The highest BCUT2D eigenvalue weighted by Gasteiger charge is 2.15. The highest BCUT2D eigenvalue weighted by molar-refractivity contribution is 5.26. The van der Waals surface area contributed by atoms with E-state index in [4.69, 9.17) is 4.42 Å². The summed E-state index contributed by atoms with van der Waals surface area (Å²) in [6.07, 6.45) is 6.40. The summed E-state index contributed by atoms with van der Waals surface area (Å²) in [6.45, 7) is 0.838. The molecular weight excluding hydrogens is 262 g/mol. The van der Waals surface area contributed by atoms with E-state index in [1.165, 1.54) is 5.56 Å². The van der Waals surface area contributed by atoms with Gasteiger partial charge in [0.1, 0.15) is 11.6 Å². The minimum Gasteiger partial charge on any atom is -0.467 e. The monoisotopic (exact) mass is 281 g/mol. The Labute approximate surface area is 124 Å². The highest BCUT2D eigenvalue weighted by atomic mass is 16.3. The Bertz CT molecular complexity index is 658. The van der Waals surface area contributed by atoms with Crippen LogP contribution in [0.5, 0.6) is 0 Å². The Hall–Kier alpha value is -2.33. The molecule has 2 aromatic heterocycles. The van der Waals surface area contributed by atoms with Gasteiger partial charge in [-0.2, -0.15) is 0 Å². The van der Waals surface area contributed by atoms with Crippen LogP contribution in [0.1, 0.15) is 23.2 Å². The topological polar surface area (TPSA) is 43.0 Å². The first-order valence-electron chi connectivity index (χ1n) is 7.12. The van der Waals surface area contributed by atoms with Crippen LogP contribution >= 0.6 is 0 Å². The molecule has 0 bridgehead atoms. The van der Waals surface area contributed by atoms with Crippen LogP contribution in [0.4, 0.5) is 0 Å². The number of aromatic nitrogens is 2. The van der Waals surface area contributed by atoms with Gasteiger partial charge in [-0.25, -0.2) is 4.98 Å². The van der Waals surface area contributed by atoms with Crippen LogP contribution in [0.2, 0.25) is 0 Å². The molecule has 0 radical (unpaired) electrons. The summed E-state index contributed by atoms with van der Waals surface area (Å²) in [6, 6.07) is 14.3. The Balaban J connectivity index is 1.70. The molecule has 0 saturated heterocycles. The summed E-state index contributed by atoms with van der Waals surface area (Å²) in [7, 11) is 2.02. The Morgan fingerprint density at radius 3 is 2.71 bits per heavy atom. The molecule has 21 heavy (non-hydrogen) atoms. The van der Waals surface area contributed by atoms with Crippen molar-refractivity contribution in [1.29, 1.82) is 0 Å². The van der Waals surface area contributed by atoms with E-state index in [2.05, 4.69) is 22.4 Å². The van der Waals surface area contributed by atoms with Crippen LogP contribution < -0.4 is 5.32 Å². The van der Waals surface area contributed by atoms with E-state index >= 15 is 0 Å². The van der Waals surface area contributed by atoms with Crippen LogP contribution in [-0.2, 0) is 13.5 Å². The Morgan fingerprint density at radius 2 is 2.05 bits per heavy atom. The van der Waals surface area contributed by atoms with Crippen LogP contribution in [0.15, 0.2) is 65.5 Å². The molecule has 0 aliphatic heterocycles. The summed E-state index contributed by atoms with van der Waals surface area (Å²) < 4.78 is 7.63. The molecule has 2 heterocycles. The average molecular weight is 281 g/mol. The molecule has 3 aromatic rings. The van der Waals surface area contributed by atoms with E-state index in [1.54, 1.807) is 6.26 Å². The van der Waals surface area contributed by atoms with Crippen LogP contribution in [-0.4, -0.2) is 16.1 Å². The zero-order valence-corrected chi connectivity index (χ0v) is 12.1. The van der Waals surface area contributed by atoms with Gasteiger partial charge in [0.05, 0.1) is 12.3 Å². The van der Waals surface area contributed by atoms with Crippen molar-refractivity contribution in [3.8, 4) is 0 Å². The molecule has 1 unspecified atom stereocenters. The van der Waals surface area contributed by atoms with Gasteiger partial charge in [-0.05, 0) is 17.7 Å². The predicted octanol–water partition coefficient (Wildman–Crippen LogP) is 2.93. The summed E-state index contributed by atoms with van der Waals surface area (Å²) in [5.74, 6) is 2.01. The first-order chi connectivity index (χ1) is 10.3. The molecule has 4 nitrogen and oxygen atoms in total. The van der Waals surface area contributed by atoms with E-state index in [0.717, 1.165) is 24.6 Å². The second-order valence-electron chi connectivity index (χ2n) is 5.02. The number of imidazole rings is 1. The first-order valence-corrected chi connectivity index (χ1v) is 7.12. The lowest BCUT2D eigenvalue weighted by molar-refractivity contribution is 0.446. The Morgan fingerprint density at radius 1 is 1.19 bits per heavy atom. The lowest BCUT2D eigenvalue weighted by Gasteiger charge is -2.17. The van der Waals surface area contributed by atoms with Gasteiger partial charge < -0.3 is 14.3 Å². The largest absolute Gasteiger partial charge is 0.467 e. The van der Waals surface area contributed by atoms with E-state index in [0.29, 0.717) is 0 Å². The van der Waals surface area contributed by atoms with Gasteiger partial charge in [-0.1, -0.05) is 30.3 Å². The Kier molecular flexibility index (Phi) is 4.17. The number of rotatable bonds is 6. The summed E-state index contributed by atoms with van der Waals surface area (Å²) >= 11 is 0. The molecule has 0 saturated carbocycles. The van der Waals surface area contributed by atoms with Crippen molar-refractivity contribution in [3.05, 3.63) is 78.3 Å². The smallest absolute Gasteiger partial charge is 0.125 e. The molecule has 0 amide bonds. The number of furan rings is 1. The third-order valence-corrected chi connectivity index (χ3v) is 3.58. The van der Waals surface area contributed by atoms with Crippen molar-refractivity contribution in [2.45, 2.75) is 12.5 Å². The fourth-order valence-corrected chi connectivity index (χ4v) is 2.45. The van der Waals surface area contributed by atoms with Gasteiger partial charge in [0.2, 0.25) is 0 Å². The van der Waals surface area contributed by atoms with Crippen molar-refractivity contribution >= 4 is 0 Å². The third-order valence-electron chi connectivity index (χ3n) is 3.58. The molecular formula is C17H19N3O. The maximum absolute atomic E-state index is 5.58. The minimum atomic E-state index is 0.0708. The number of benzene rings is 1. The molecule has 0 aliphatic carbocycles. The lowest BCUT2D eigenvalue weighted by atomic mass is 10.0. The zero-order chi connectivity index (χ0) is 14.5.